The number of nitrogens with zero attached hydrogens (tertiary/aromatic N) is 1. The molecule has 1 saturated heterocycles. The molecule has 1 aliphatic heterocycles. The van der Waals surface area contributed by atoms with Gasteiger partial charge in [0.25, 0.3) is 0 Å². The van der Waals surface area contributed by atoms with Crippen LogP contribution in [0.3, 0.4) is 0 Å². The molecule has 2 unspecified atom stereocenters. The number of sulfone groups is 1. The first-order chi connectivity index (χ1) is 9.30. The van der Waals surface area contributed by atoms with Gasteiger partial charge in [0.05, 0.1) is 11.5 Å². The SMILES string of the molecule is CC(N)Cc1c(F)cccc1N1CCS(=O)(=O)CC1C. The van der Waals surface area contributed by atoms with E-state index in [0.717, 1.165) is 5.69 Å². The minimum Gasteiger partial charge on any atom is -0.366 e. The normalized spacial score (nSPS) is 23.6. The summed E-state index contributed by atoms with van der Waals surface area (Å²) in [6.45, 7) is 4.09. The molecule has 0 amide bonds. The molecule has 4 nitrogen and oxygen atoms in total. The van der Waals surface area contributed by atoms with Crippen molar-refractivity contribution < 1.29 is 12.8 Å². The first-order valence-electron chi connectivity index (χ1n) is 6.80. The van der Waals surface area contributed by atoms with Gasteiger partial charge < -0.3 is 10.6 Å². The van der Waals surface area contributed by atoms with E-state index in [4.69, 9.17) is 5.73 Å². The van der Waals surface area contributed by atoms with Crippen molar-refractivity contribution >= 4 is 15.5 Å². The van der Waals surface area contributed by atoms with Crippen LogP contribution in [0.15, 0.2) is 18.2 Å². The van der Waals surface area contributed by atoms with E-state index in [9.17, 15) is 12.8 Å². The lowest BCUT2D eigenvalue weighted by molar-refractivity contribution is 0.563. The van der Waals surface area contributed by atoms with Gasteiger partial charge in [0.1, 0.15) is 5.82 Å². The highest BCUT2D eigenvalue weighted by Crippen LogP contribution is 2.28. The lowest BCUT2D eigenvalue weighted by atomic mass is 10.0. The molecule has 0 aliphatic carbocycles. The van der Waals surface area contributed by atoms with Gasteiger partial charge in [-0.1, -0.05) is 6.07 Å². The van der Waals surface area contributed by atoms with E-state index in [1.54, 1.807) is 6.07 Å². The van der Waals surface area contributed by atoms with Crippen LogP contribution in [0.5, 0.6) is 0 Å². The summed E-state index contributed by atoms with van der Waals surface area (Å²) in [5.41, 5.74) is 7.13. The Hall–Kier alpha value is -1.14. The predicted molar refractivity (Wildman–Crippen MR) is 79.2 cm³/mol. The Morgan fingerprint density at radius 1 is 1.50 bits per heavy atom. The van der Waals surface area contributed by atoms with Crippen molar-refractivity contribution in [1.82, 2.24) is 0 Å². The van der Waals surface area contributed by atoms with Crippen LogP contribution < -0.4 is 10.6 Å². The standard InChI is InChI=1S/C14H21FN2O2S/c1-10(16)8-12-13(15)4-3-5-14(12)17-6-7-20(18,19)9-11(17)2/h3-5,10-11H,6-9,16H2,1-2H3. The van der Waals surface area contributed by atoms with Gasteiger partial charge in [0.2, 0.25) is 0 Å². The van der Waals surface area contributed by atoms with Gasteiger partial charge in [-0.2, -0.15) is 0 Å². The topological polar surface area (TPSA) is 63.4 Å². The Balaban J connectivity index is 2.35. The van der Waals surface area contributed by atoms with Crippen molar-refractivity contribution in [3.8, 4) is 0 Å². The summed E-state index contributed by atoms with van der Waals surface area (Å²) < 4.78 is 37.3. The molecule has 2 atom stereocenters. The van der Waals surface area contributed by atoms with Crippen LogP contribution in [0, 0.1) is 5.82 Å². The number of benzene rings is 1. The summed E-state index contributed by atoms with van der Waals surface area (Å²) in [7, 11) is -2.98. The van der Waals surface area contributed by atoms with Crippen molar-refractivity contribution in [3.05, 3.63) is 29.6 Å². The molecule has 1 aliphatic rings. The van der Waals surface area contributed by atoms with Crippen molar-refractivity contribution in [3.63, 3.8) is 0 Å². The van der Waals surface area contributed by atoms with Crippen LogP contribution in [0.25, 0.3) is 0 Å². The molecule has 2 rings (SSSR count). The van der Waals surface area contributed by atoms with E-state index in [0.29, 0.717) is 18.5 Å². The smallest absolute Gasteiger partial charge is 0.154 e. The van der Waals surface area contributed by atoms with E-state index in [1.807, 2.05) is 24.8 Å². The van der Waals surface area contributed by atoms with Gasteiger partial charge in [-0.05, 0) is 32.4 Å². The van der Waals surface area contributed by atoms with Crippen LogP contribution in [0.4, 0.5) is 10.1 Å². The number of nitrogens with two attached hydrogens (primary N) is 1. The fourth-order valence-corrected chi connectivity index (χ4v) is 4.25. The van der Waals surface area contributed by atoms with Gasteiger partial charge in [-0.15, -0.1) is 0 Å². The second-order valence-corrected chi connectivity index (χ2v) is 7.80. The van der Waals surface area contributed by atoms with Crippen LogP contribution >= 0.6 is 0 Å². The van der Waals surface area contributed by atoms with Gasteiger partial charge in [-0.3, -0.25) is 0 Å². The molecule has 0 radical (unpaired) electrons. The van der Waals surface area contributed by atoms with Crippen molar-refractivity contribution in [2.45, 2.75) is 32.4 Å². The van der Waals surface area contributed by atoms with Crippen molar-refractivity contribution in [2.75, 3.05) is 23.0 Å². The maximum atomic E-state index is 14.0. The molecule has 1 aromatic rings. The van der Waals surface area contributed by atoms with Crippen molar-refractivity contribution in [1.29, 1.82) is 0 Å². The summed E-state index contributed by atoms with van der Waals surface area (Å²) in [5, 5.41) is 0. The zero-order valence-electron chi connectivity index (χ0n) is 11.8. The van der Waals surface area contributed by atoms with Crippen LogP contribution in [-0.2, 0) is 16.3 Å². The zero-order chi connectivity index (χ0) is 14.9. The third kappa shape index (κ3) is 3.30. The number of hydrogen-bond donors (Lipinski definition) is 1. The Morgan fingerprint density at radius 3 is 2.80 bits per heavy atom. The molecule has 0 spiro atoms. The Morgan fingerprint density at radius 2 is 2.20 bits per heavy atom. The highest BCUT2D eigenvalue weighted by atomic mass is 32.2. The monoisotopic (exact) mass is 300 g/mol. The Kier molecular flexibility index (Phi) is 4.34. The fourth-order valence-electron chi connectivity index (χ4n) is 2.70. The van der Waals surface area contributed by atoms with E-state index in [-0.39, 0.29) is 29.4 Å². The Labute approximate surface area is 119 Å². The number of halogens is 1. The molecular weight excluding hydrogens is 279 g/mol. The maximum Gasteiger partial charge on any atom is 0.154 e. The van der Waals surface area contributed by atoms with E-state index in [1.165, 1.54) is 6.07 Å². The summed E-state index contributed by atoms with van der Waals surface area (Å²) in [5.74, 6) is -0.0486. The number of hydrogen-bond acceptors (Lipinski definition) is 4. The highest BCUT2D eigenvalue weighted by Gasteiger charge is 2.30. The van der Waals surface area contributed by atoms with E-state index >= 15 is 0 Å². The maximum absolute atomic E-state index is 14.0. The molecule has 0 bridgehead atoms. The van der Waals surface area contributed by atoms with Crippen LogP contribution in [-0.4, -0.2) is 38.6 Å². The van der Waals surface area contributed by atoms with Crippen LogP contribution in [0.2, 0.25) is 0 Å². The molecule has 1 heterocycles. The highest BCUT2D eigenvalue weighted by molar-refractivity contribution is 7.91. The largest absolute Gasteiger partial charge is 0.366 e. The molecular formula is C14H21FN2O2S. The van der Waals surface area contributed by atoms with Gasteiger partial charge >= 0.3 is 0 Å². The Bertz CT molecular complexity index is 587. The lowest BCUT2D eigenvalue weighted by Crippen LogP contribution is -2.47. The predicted octanol–water partition coefficient (Wildman–Crippen LogP) is 1.34. The van der Waals surface area contributed by atoms with Crippen molar-refractivity contribution in [2.24, 2.45) is 5.73 Å². The molecule has 0 saturated carbocycles. The molecule has 1 fully saturated rings. The van der Waals surface area contributed by atoms with Gasteiger partial charge in [0.15, 0.2) is 9.84 Å². The number of anilines is 1. The van der Waals surface area contributed by atoms with Gasteiger partial charge in [-0.25, -0.2) is 12.8 Å². The molecule has 2 N–H and O–H groups in total. The minimum absolute atomic E-state index is 0.112. The second-order valence-electron chi connectivity index (χ2n) is 5.58. The van der Waals surface area contributed by atoms with E-state index < -0.39 is 9.84 Å². The zero-order valence-corrected chi connectivity index (χ0v) is 12.7. The quantitative estimate of drug-likeness (QED) is 0.915. The van der Waals surface area contributed by atoms with E-state index in [2.05, 4.69) is 0 Å². The lowest BCUT2D eigenvalue weighted by Gasteiger charge is -2.36. The number of rotatable bonds is 3. The van der Waals surface area contributed by atoms with Crippen LogP contribution in [0.1, 0.15) is 19.4 Å². The minimum atomic E-state index is -2.98. The van der Waals surface area contributed by atoms with Gasteiger partial charge in [0, 0.05) is 29.9 Å². The third-order valence-electron chi connectivity index (χ3n) is 3.60. The summed E-state index contributed by atoms with van der Waals surface area (Å²) in [6, 6.07) is 4.63. The fraction of sp³-hybridized carbons (Fsp3) is 0.571. The average molecular weight is 300 g/mol. The summed E-state index contributed by atoms with van der Waals surface area (Å²) in [4.78, 5) is 1.97. The molecule has 0 aromatic heterocycles. The first kappa shape index (κ1) is 15.3. The average Bonchev–Trinajstić information content (AvgIpc) is 2.31. The first-order valence-corrected chi connectivity index (χ1v) is 8.62. The molecule has 112 valence electrons. The molecule has 20 heavy (non-hydrogen) atoms. The summed E-state index contributed by atoms with van der Waals surface area (Å²) >= 11 is 0. The third-order valence-corrected chi connectivity index (χ3v) is 5.39. The molecule has 1 aromatic carbocycles. The summed E-state index contributed by atoms with van der Waals surface area (Å²) in [6.07, 6.45) is 0.442. The second kappa shape index (κ2) is 5.69. The molecule has 6 heteroatoms.